The SMILES string of the molecule is CC(C)CC(N)C(=O)Nc1cccnc1OC(C)C. The van der Waals surface area contributed by atoms with Gasteiger partial charge in [0, 0.05) is 6.20 Å². The number of pyridine rings is 1. The summed E-state index contributed by atoms with van der Waals surface area (Å²) in [5.41, 5.74) is 6.40. The Kier molecular flexibility index (Phi) is 5.76. The number of anilines is 1. The lowest BCUT2D eigenvalue weighted by atomic mass is 10.0. The van der Waals surface area contributed by atoms with Crippen molar-refractivity contribution in [2.75, 3.05) is 5.32 Å². The second-order valence-corrected chi connectivity index (χ2v) is 5.25. The molecule has 0 spiro atoms. The number of hydrogen-bond acceptors (Lipinski definition) is 4. The minimum absolute atomic E-state index is 0.00473. The average molecular weight is 265 g/mol. The second-order valence-electron chi connectivity index (χ2n) is 5.25. The average Bonchev–Trinajstić information content (AvgIpc) is 2.30. The predicted octanol–water partition coefficient (Wildman–Crippen LogP) is 2.18. The van der Waals surface area contributed by atoms with E-state index in [1.54, 1.807) is 18.3 Å². The molecule has 106 valence electrons. The van der Waals surface area contributed by atoms with Gasteiger partial charge < -0.3 is 15.8 Å². The van der Waals surface area contributed by atoms with Crippen LogP contribution in [0.3, 0.4) is 0 Å². The number of carbonyl (C=O) groups is 1. The summed E-state index contributed by atoms with van der Waals surface area (Å²) in [5, 5.41) is 2.77. The quantitative estimate of drug-likeness (QED) is 0.826. The number of rotatable bonds is 6. The van der Waals surface area contributed by atoms with Crippen LogP contribution in [0.25, 0.3) is 0 Å². The van der Waals surface area contributed by atoms with Crippen LogP contribution in [0.5, 0.6) is 5.88 Å². The summed E-state index contributed by atoms with van der Waals surface area (Å²) < 4.78 is 5.54. The molecule has 0 aliphatic heterocycles. The third kappa shape index (κ3) is 5.26. The third-order valence-electron chi connectivity index (χ3n) is 2.44. The maximum absolute atomic E-state index is 12.0. The smallest absolute Gasteiger partial charge is 0.241 e. The standard InChI is InChI=1S/C14H23N3O2/c1-9(2)8-11(15)13(18)17-12-6-5-7-16-14(12)19-10(3)4/h5-7,9-11H,8,15H2,1-4H3,(H,17,18). The molecule has 3 N–H and O–H groups in total. The van der Waals surface area contributed by atoms with Crippen LogP contribution in [-0.2, 0) is 4.79 Å². The molecule has 0 aliphatic rings. The van der Waals surface area contributed by atoms with Gasteiger partial charge in [0.1, 0.15) is 5.69 Å². The van der Waals surface area contributed by atoms with Crippen molar-refractivity contribution < 1.29 is 9.53 Å². The van der Waals surface area contributed by atoms with E-state index in [-0.39, 0.29) is 12.0 Å². The molecule has 0 fully saturated rings. The largest absolute Gasteiger partial charge is 0.473 e. The molecule has 1 aromatic rings. The van der Waals surface area contributed by atoms with E-state index in [9.17, 15) is 4.79 Å². The highest BCUT2D eigenvalue weighted by Gasteiger charge is 2.17. The summed E-state index contributed by atoms with van der Waals surface area (Å²) >= 11 is 0. The molecule has 0 bridgehead atoms. The van der Waals surface area contributed by atoms with Gasteiger partial charge in [0.25, 0.3) is 0 Å². The molecule has 19 heavy (non-hydrogen) atoms. The Labute approximate surface area is 114 Å². The predicted molar refractivity (Wildman–Crippen MR) is 76.1 cm³/mol. The van der Waals surface area contributed by atoms with Gasteiger partial charge in [0.15, 0.2) is 0 Å². The summed E-state index contributed by atoms with van der Waals surface area (Å²) in [5.74, 6) is 0.582. The molecular formula is C14H23N3O2. The van der Waals surface area contributed by atoms with Gasteiger partial charge in [-0.1, -0.05) is 13.8 Å². The van der Waals surface area contributed by atoms with E-state index >= 15 is 0 Å². The molecule has 0 aromatic carbocycles. The summed E-state index contributed by atoms with van der Waals surface area (Å²) in [6.07, 6.45) is 2.27. The van der Waals surface area contributed by atoms with E-state index in [0.717, 1.165) is 0 Å². The molecular weight excluding hydrogens is 242 g/mol. The van der Waals surface area contributed by atoms with Crippen LogP contribution in [0.15, 0.2) is 18.3 Å². The number of hydrogen-bond donors (Lipinski definition) is 2. The monoisotopic (exact) mass is 265 g/mol. The topological polar surface area (TPSA) is 77.2 Å². The number of amides is 1. The van der Waals surface area contributed by atoms with E-state index in [4.69, 9.17) is 10.5 Å². The van der Waals surface area contributed by atoms with Gasteiger partial charge in [0.2, 0.25) is 11.8 Å². The van der Waals surface area contributed by atoms with E-state index in [0.29, 0.717) is 23.9 Å². The van der Waals surface area contributed by atoms with Gasteiger partial charge in [-0.25, -0.2) is 4.98 Å². The molecule has 0 saturated heterocycles. The number of carbonyl (C=O) groups excluding carboxylic acids is 1. The highest BCUT2D eigenvalue weighted by atomic mass is 16.5. The van der Waals surface area contributed by atoms with Gasteiger partial charge in [-0.15, -0.1) is 0 Å². The summed E-state index contributed by atoms with van der Waals surface area (Å²) in [6, 6.07) is 2.98. The van der Waals surface area contributed by atoms with Crippen molar-refractivity contribution >= 4 is 11.6 Å². The first-order valence-electron chi connectivity index (χ1n) is 6.58. The first kappa shape index (κ1) is 15.4. The molecule has 1 amide bonds. The van der Waals surface area contributed by atoms with E-state index < -0.39 is 6.04 Å². The third-order valence-corrected chi connectivity index (χ3v) is 2.44. The van der Waals surface area contributed by atoms with Crippen molar-refractivity contribution in [1.29, 1.82) is 0 Å². The van der Waals surface area contributed by atoms with Crippen LogP contribution < -0.4 is 15.8 Å². The molecule has 5 heteroatoms. The maximum Gasteiger partial charge on any atom is 0.241 e. The molecule has 1 unspecified atom stereocenters. The van der Waals surface area contributed by atoms with Gasteiger partial charge >= 0.3 is 0 Å². The fourth-order valence-corrected chi connectivity index (χ4v) is 1.64. The Hall–Kier alpha value is -1.62. The molecule has 0 radical (unpaired) electrons. The van der Waals surface area contributed by atoms with Crippen LogP contribution in [0.4, 0.5) is 5.69 Å². The zero-order valence-electron chi connectivity index (χ0n) is 12.0. The van der Waals surface area contributed by atoms with E-state index in [1.807, 2.05) is 27.7 Å². The van der Waals surface area contributed by atoms with Gasteiger partial charge in [-0.2, -0.15) is 0 Å². The zero-order chi connectivity index (χ0) is 14.4. The highest BCUT2D eigenvalue weighted by Crippen LogP contribution is 2.22. The number of nitrogens with two attached hydrogens (primary N) is 1. The van der Waals surface area contributed by atoms with Crippen molar-refractivity contribution in [2.24, 2.45) is 11.7 Å². The molecule has 1 heterocycles. The lowest BCUT2D eigenvalue weighted by Crippen LogP contribution is -2.36. The van der Waals surface area contributed by atoms with Crippen molar-refractivity contribution in [3.63, 3.8) is 0 Å². The summed E-state index contributed by atoms with van der Waals surface area (Å²) in [6.45, 7) is 7.88. The van der Waals surface area contributed by atoms with Crippen molar-refractivity contribution in [1.82, 2.24) is 4.98 Å². The van der Waals surface area contributed by atoms with E-state index in [1.165, 1.54) is 0 Å². The van der Waals surface area contributed by atoms with E-state index in [2.05, 4.69) is 10.3 Å². The molecule has 5 nitrogen and oxygen atoms in total. The van der Waals surface area contributed by atoms with Crippen LogP contribution in [0.2, 0.25) is 0 Å². The first-order valence-corrected chi connectivity index (χ1v) is 6.58. The Morgan fingerprint density at radius 2 is 2.11 bits per heavy atom. The van der Waals surface area contributed by atoms with Crippen LogP contribution in [0.1, 0.15) is 34.1 Å². The van der Waals surface area contributed by atoms with Crippen LogP contribution in [0, 0.1) is 5.92 Å². The van der Waals surface area contributed by atoms with Crippen molar-refractivity contribution in [2.45, 2.75) is 46.3 Å². The van der Waals surface area contributed by atoms with Crippen LogP contribution >= 0.6 is 0 Å². The second kappa shape index (κ2) is 7.09. The number of ether oxygens (including phenoxy) is 1. The Balaban J connectivity index is 2.73. The normalized spacial score (nSPS) is 12.6. The molecule has 0 aliphatic carbocycles. The molecule has 1 rings (SSSR count). The first-order chi connectivity index (χ1) is 8.90. The summed E-state index contributed by atoms with van der Waals surface area (Å²) in [7, 11) is 0. The fraction of sp³-hybridized carbons (Fsp3) is 0.571. The lowest BCUT2D eigenvalue weighted by Gasteiger charge is -2.16. The maximum atomic E-state index is 12.0. The Morgan fingerprint density at radius 3 is 2.68 bits per heavy atom. The van der Waals surface area contributed by atoms with Gasteiger partial charge in [0.05, 0.1) is 12.1 Å². The lowest BCUT2D eigenvalue weighted by molar-refractivity contribution is -0.117. The number of aromatic nitrogens is 1. The van der Waals surface area contributed by atoms with Crippen LogP contribution in [-0.4, -0.2) is 23.0 Å². The highest BCUT2D eigenvalue weighted by molar-refractivity contribution is 5.95. The summed E-state index contributed by atoms with van der Waals surface area (Å²) in [4.78, 5) is 16.1. The zero-order valence-corrected chi connectivity index (χ0v) is 12.0. The minimum atomic E-state index is -0.521. The minimum Gasteiger partial charge on any atom is -0.473 e. The molecule has 1 atom stereocenters. The Bertz CT molecular complexity index is 419. The Morgan fingerprint density at radius 1 is 1.42 bits per heavy atom. The number of nitrogens with one attached hydrogen (secondary N) is 1. The van der Waals surface area contributed by atoms with Crippen molar-refractivity contribution in [3.8, 4) is 5.88 Å². The number of nitrogens with zero attached hydrogens (tertiary/aromatic N) is 1. The fourth-order valence-electron chi connectivity index (χ4n) is 1.64. The molecule has 0 saturated carbocycles. The van der Waals surface area contributed by atoms with Gasteiger partial charge in [-0.3, -0.25) is 4.79 Å². The molecule has 1 aromatic heterocycles. The van der Waals surface area contributed by atoms with Gasteiger partial charge in [-0.05, 0) is 38.3 Å². The van der Waals surface area contributed by atoms with Crippen molar-refractivity contribution in [3.05, 3.63) is 18.3 Å².